The molecule has 5 atom stereocenters. The lowest BCUT2D eigenvalue weighted by atomic mass is 9.74. The SMILES string of the molecule is O=C(c1ccc(O)cc1O)[C@H]1[C@H](C(O)c2ccc(O)cc2)[C@@H](c2ccc(O)cc2O)O[C@@H]1c1ccc(O)cc1. The predicted molar refractivity (Wildman–Crippen MR) is 139 cm³/mol. The fraction of sp³-hybridized carbons (Fsp3) is 0.167. The van der Waals surface area contributed by atoms with E-state index in [1.165, 1.54) is 60.7 Å². The van der Waals surface area contributed by atoms with E-state index >= 15 is 0 Å². The maximum absolute atomic E-state index is 14.1. The van der Waals surface area contributed by atoms with Crippen LogP contribution in [0.5, 0.6) is 34.5 Å². The Bertz CT molecular complexity index is 1500. The van der Waals surface area contributed by atoms with Gasteiger partial charge in [-0.25, -0.2) is 0 Å². The van der Waals surface area contributed by atoms with Crippen molar-refractivity contribution in [1.29, 1.82) is 0 Å². The predicted octanol–water partition coefficient (Wildman–Crippen LogP) is 4.58. The second-order valence-corrected chi connectivity index (χ2v) is 9.52. The summed E-state index contributed by atoms with van der Waals surface area (Å²) in [4.78, 5) is 14.1. The minimum absolute atomic E-state index is 0.00999. The minimum Gasteiger partial charge on any atom is -0.508 e. The van der Waals surface area contributed by atoms with Crippen molar-refractivity contribution in [2.45, 2.75) is 18.3 Å². The van der Waals surface area contributed by atoms with E-state index in [0.29, 0.717) is 11.1 Å². The minimum atomic E-state index is -1.35. The standard InChI is InChI=1S/C30H26O9/c31-17-5-1-15(2-6-17)27(37)25-26(28(38)21-11-9-19(33)13-23(21)35)29(16-3-7-18(32)8-4-16)39-30(25)22-12-10-20(34)14-24(22)36/h1-14,25-27,29-37H/t25-,26-,27?,29-,30-/m1/s1. The summed E-state index contributed by atoms with van der Waals surface area (Å²) in [6.07, 6.45) is -3.41. The van der Waals surface area contributed by atoms with E-state index in [1.807, 2.05) is 0 Å². The molecule has 0 spiro atoms. The van der Waals surface area contributed by atoms with Crippen LogP contribution in [0, 0.1) is 11.8 Å². The smallest absolute Gasteiger partial charge is 0.173 e. The number of aliphatic hydroxyl groups excluding tert-OH is 1. The highest BCUT2D eigenvalue weighted by molar-refractivity contribution is 6.01. The number of phenols is 6. The van der Waals surface area contributed by atoms with E-state index in [4.69, 9.17) is 4.74 Å². The molecule has 9 nitrogen and oxygen atoms in total. The van der Waals surface area contributed by atoms with Crippen LogP contribution in [0.4, 0.5) is 0 Å². The summed E-state index contributed by atoms with van der Waals surface area (Å²) < 4.78 is 6.41. The fourth-order valence-corrected chi connectivity index (χ4v) is 5.20. The number of Topliss-reactive ketones (excluding diaryl/α,β-unsaturated/α-hetero) is 1. The zero-order chi connectivity index (χ0) is 27.8. The van der Waals surface area contributed by atoms with E-state index in [1.54, 1.807) is 12.1 Å². The maximum atomic E-state index is 14.1. The summed E-state index contributed by atoms with van der Waals surface area (Å²) in [5.74, 6) is -4.00. The third-order valence-electron chi connectivity index (χ3n) is 7.07. The van der Waals surface area contributed by atoms with Crippen LogP contribution in [0.3, 0.4) is 0 Å². The summed E-state index contributed by atoms with van der Waals surface area (Å²) in [7, 11) is 0. The molecule has 0 bridgehead atoms. The van der Waals surface area contributed by atoms with Crippen molar-refractivity contribution < 1.29 is 45.3 Å². The molecule has 0 saturated carbocycles. The van der Waals surface area contributed by atoms with Gasteiger partial charge in [-0.15, -0.1) is 0 Å². The molecule has 0 radical (unpaired) electrons. The van der Waals surface area contributed by atoms with E-state index in [2.05, 4.69) is 0 Å². The van der Waals surface area contributed by atoms with Crippen molar-refractivity contribution in [3.63, 3.8) is 0 Å². The van der Waals surface area contributed by atoms with E-state index in [-0.39, 0.29) is 39.9 Å². The van der Waals surface area contributed by atoms with Crippen LogP contribution in [-0.4, -0.2) is 41.5 Å². The van der Waals surface area contributed by atoms with Gasteiger partial charge < -0.3 is 40.5 Å². The Hall–Kier alpha value is -4.73. The first kappa shape index (κ1) is 25.9. The molecule has 0 aromatic heterocycles. The Labute approximate surface area is 223 Å². The molecule has 9 heteroatoms. The van der Waals surface area contributed by atoms with Gasteiger partial charge in [-0.05, 0) is 59.7 Å². The molecule has 1 aliphatic rings. The molecular weight excluding hydrogens is 504 g/mol. The Morgan fingerprint density at radius 3 is 1.77 bits per heavy atom. The highest BCUT2D eigenvalue weighted by Crippen LogP contribution is 2.56. The van der Waals surface area contributed by atoms with Crippen LogP contribution >= 0.6 is 0 Å². The molecule has 39 heavy (non-hydrogen) atoms. The average molecular weight is 531 g/mol. The second kappa shape index (κ2) is 10.2. The summed E-state index contributed by atoms with van der Waals surface area (Å²) in [5.41, 5.74) is 0.963. The van der Waals surface area contributed by atoms with Crippen LogP contribution in [-0.2, 0) is 4.74 Å². The van der Waals surface area contributed by atoms with Crippen molar-refractivity contribution in [1.82, 2.24) is 0 Å². The number of carbonyl (C=O) groups excluding carboxylic acids is 1. The van der Waals surface area contributed by atoms with Crippen LogP contribution in [0.2, 0.25) is 0 Å². The number of hydrogen-bond acceptors (Lipinski definition) is 9. The number of rotatable bonds is 6. The lowest BCUT2D eigenvalue weighted by molar-refractivity contribution is 0.00365. The molecule has 1 fully saturated rings. The van der Waals surface area contributed by atoms with Gasteiger partial charge in [0, 0.05) is 23.6 Å². The maximum Gasteiger partial charge on any atom is 0.173 e. The molecule has 4 aromatic carbocycles. The fourth-order valence-electron chi connectivity index (χ4n) is 5.20. The highest BCUT2D eigenvalue weighted by atomic mass is 16.5. The molecule has 0 aliphatic carbocycles. The summed E-state index contributed by atoms with van der Waals surface area (Å²) in [6, 6.07) is 19.2. The van der Waals surface area contributed by atoms with Gasteiger partial charge in [-0.2, -0.15) is 0 Å². The van der Waals surface area contributed by atoms with Gasteiger partial charge in [-0.1, -0.05) is 24.3 Å². The monoisotopic (exact) mass is 530 g/mol. The number of aromatic hydroxyl groups is 6. The lowest BCUT2D eigenvalue weighted by Gasteiger charge is -2.29. The van der Waals surface area contributed by atoms with E-state index < -0.39 is 41.7 Å². The Morgan fingerprint density at radius 1 is 0.641 bits per heavy atom. The summed E-state index contributed by atoms with van der Waals surface area (Å²) in [6.45, 7) is 0. The Balaban J connectivity index is 1.70. The third-order valence-corrected chi connectivity index (χ3v) is 7.07. The number of ether oxygens (including phenoxy) is 1. The van der Waals surface area contributed by atoms with Gasteiger partial charge in [0.2, 0.25) is 0 Å². The van der Waals surface area contributed by atoms with Crippen molar-refractivity contribution >= 4 is 5.78 Å². The molecule has 1 saturated heterocycles. The number of ketones is 1. The summed E-state index contributed by atoms with van der Waals surface area (Å²) >= 11 is 0. The van der Waals surface area contributed by atoms with Gasteiger partial charge in [0.15, 0.2) is 5.78 Å². The zero-order valence-electron chi connectivity index (χ0n) is 20.4. The molecule has 0 amide bonds. The van der Waals surface area contributed by atoms with Gasteiger partial charge in [0.05, 0.1) is 29.8 Å². The first-order chi connectivity index (χ1) is 18.6. The topological polar surface area (TPSA) is 168 Å². The third kappa shape index (κ3) is 4.93. The van der Waals surface area contributed by atoms with Crippen LogP contribution in [0.15, 0.2) is 84.9 Å². The first-order valence-corrected chi connectivity index (χ1v) is 12.1. The summed E-state index contributed by atoms with van der Waals surface area (Å²) in [5, 5.41) is 72.2. The second-order valence-electron chi connectivity index (χ2n) is 9.52. The Morgan fingerprint density at radius 2 is 1.18 bits per heavy atom. The molecule has 7 N–H and O–H groups in total. The largest absolute Gasteiger partial charge is 0.508 e. The van der Waals surface area contributed by atoms with Crippen molar-refractivity contribution in [2.75, 3.05) is 0 Å². The molecule has 1 heterocycles. The average Bonchev–Trinajstić information content (AvgIpc) is 3.29. The number of benzene rings is 4. The zero-order valence-corrected chi connectivity index (χ0v) is 20.4. The lowest BCUT2D eigenvalue weighted by Crippen LogP contribution is -2.30. The molecule has 4 aromatic rings. The number of phenolic OH excluding ortho intramolecular Hbond substituents is 6. The van der Waals surface area contributed by atoms with Crippen molar-refractivity contribution in [3.05, 3.63) is 107 Å². The van der Waals surface area contributed by atoms with Crippen LogP contribution < -0.4 is 0 Å². The quantitative estimate of drug-likeness (QED) is 0.176. The molecule has 1 aliphatic heterocycles. The van der Waals surface area contributed by atoms with Gasteiger partial charge in [0.25, 0.3) is 0 Å². The number of aliphatic hydroxyl groups is 1. The van der Waals surface area contributed by atoms with Crippen LogP contribution in [0.1, 0.15) is 45.4 Å². The van der Waals surface area contributed by atoms with Gasteiger partial charge in [-0.3, -0.25) is 4.79 Å². The molecular formula is C30H26O9. The van der Waals surface area contributed by atoms with E-state index in [0.717, 1.165) is 12.1 Å². The first-order valence-electron chi connectivity index (χ1n) is 12.1. The van der Waals surface area contributed by atoms with Crippen molar-refractivity contribution in [2.24, 2.45) is 11.8 Å². The Kier molecular flexibility index (Phi) is 6.78. The van der Waals surface area contributed by atoms with Gasteiger partial charge in [0.1, 0.15) is 34.5 Å². The number of carbonyl (C=O) groups is 1. The van der Waals surface area contributed by atoms with E-state index in [9.17, 15) is 40.5 Å². The van der Waals surface area contributed by atoms with Crippen LogP contribution in [0.25, 0.3) is 0 Å². The van der Waals surface area contributed by atoms with Gasteiger partial charge >= 0.3 is 0 Å². The number of hydrogen-bond donors (Lipinski definition) is 7. The van der Waals surface area contributed by atoms with Crippen molar-refractivity contribution in [3.8, 4) is 34.5 Å². The molecule has 1 unspecified atom stereocenters. The molecule has 5 rings (SSSR count). The highest BCUT2D eigenvalue weighted by Gasteiger charge is 2.53. The normalized spacial score (nSPS) is 21.5. The molecule has 200 valence electrons.